The lowest BCUT2D eigenvalue weighted by Gasteiger charge is -2.20. The number of carbonyl (C=O) groups excluding carboxylic acids is 2. The first-order chi connectivity index (χ1) is 21.7. The summed E-state index contributed by atoms with van der Waals surface area (Å²) in [7, 11) is 1.56. The van der Waals surface area contributed by atoms with Crippen LogP contribution in [0, 0.1) is 23.2 Å². The summed E-state index contributed by atoms with van der Waals surface area (Å²) >= 11 is 0. The number of benzene rings is 1. The standard InChI is InChI=1S/C19H22F5N3O2.C7H9N3O2.C4H5N/c1-10(29-11(2)19(22,23)24)5-16-26-14-4-3-12(6-15(14)27-16)9-25-17(28)7-13-8-18(13,20)21;1-8-7(11)6-5(4-2-3-4)9-12-10-6;5-3-4-1-2-4/h3-4,6,10-11,13H,5,7-9H2,1-2H3,(H,25,28)(H,26,27);4H,2-3H2,1H3,(H,8,11);4H,1-2H2/t10-,11?,13?;;/m1../s1. The van der Waals surface area contributed by atoms with E-state index < -0.39 is 36.1 Å². The van der Waals surface area contributed by atoms with E-state index in [1.807, 2.05) is 0 Å². The molecule has 2 unspecified atom stereocenters. The summed E-state index contributed by atoms with van der Waals surface area (Å²) in [6, 6.07) is 7.35. The summed E-state index contributed by atoms with van der Waals surface area (Å²) in [5.74, 6) is -2.93. The third kappa shape index (κ3) is 10.2. The largest absolute Gasteiger partial charge is 0.414 e. The zero-order valence-electron chi connectivity index (χ0n) is 25.6. The Balaban J connectivity index is 0.000000228. The number of hydrogen-bond acceptors (Lipinski definition) is 8. The van der Waals surface area contributed by atoms with Crippen LogP contribution in [0.2, 0.25) is 0 Å². The van der Waals surface area contributed by atoms with Crippen molar-refractivity contribution >= 4 is 22.8 Å². The average Bonchev–Trinajstić information content (AvgIpc) is 3.96. The van der Waals surface area contributed by atoms with E-state index in [1.165, 1.54) is 0 Å². The minimum Gasteiger partial charge on any atom is -0.366 e. The van der Waals surface area contributed by atoms with Crippen LogP contribution in [-0.4, -0.2) is 63.5 Å². The summed E-state index contributed by atoms with van der Waals surface area (Å²) in [6.07, 6.45) is -2.78. The van der Waals surface area contributed by atoms with Gasteiger partial charge in [0.1, 0.15) is 11.5 Å². The second-order valence-corrected chi connectivity index (χ2v) is 11.8. The number of amides is 2. The number of H-pyrrole nitrogens is 1. The van der Waals surface area contributed by atoms with Crippen LogP contribution >= 0.6 is 0 Å². The number of nitrogens with zero attached hydrogens (tertiary/aromatic N) is 4. The Morgan fingerprint density at radius 1 is 1.20 bits per heavy atom. The molecule has 3 aromatic rings. The second kappa shape index (κ2) is 14.5. The Hall–Kier alpha value is -4.13. The van der Waals surface area contributed by atoms with E-state index in [0.29, 0.717) is 40.1 Å². The van der Waals surface area contributed by atoms with Gasteiger partial charge in [-0.15, -0.1) is 0 Å². The summed E-state index contributed by atoms with van der Waals surface area (Å²) in [6.45, 7) is 2.68. The number of nitrogens with one attached hydrogen (secondary N) is 3. The molecule has 250 valence electrons. The highest BCUT2D eigenvalue weighted by atomic mass is 19.4. The Kier molecular flexibility index (Phi) is 11.0. The lowest BCUT2D eigenvalue weighted by Crippen LogP contribution is -2.32. The zero-order chi connectivity index (χ0) is 33.6. The molecular weight excluding hydrogens is 617 g/mol. The van der Waals surface area contributed by atoms with E-state index >= 15 is 0 Å². The van der Waals surface area contributed by atoms with Crippen molar-refractivity contribution in [2.75, 3.05) is 7.05 Å². The van der Waals surface area contributed by atoms with Crippen LogP contribution in [0.3, 0.4) is 0 Å². The van der Waals surface area contributed by atoms with Gasteiger partial charge in [-0.3, -0.25) is 9.59 Å². The predicted octanol–water partition coefficient (Wildman–Crippen LogP) is 5.35. The molecule has 0 radical (unpaired) electrons. The Bertz CT molecular complexity index is 1540. The number of aromatic amines is 1. The molecule has 3 aliphatic carbocycles. The first kappa shape index (κ1) is 34.7. The Morgan fingerprint density at radius 3 is 2.43 bits per heavy atom. The van der Waals surface area contributed by atoms with Crippen molar-refractivity contribution in [2.45, 2.75) is 95.6 Å². The lowest BCUT2D eigenvalue weighted by molar-refractivity contribution is -0.224. The Morgan fingerprint density at radius 2 is 1.89 bits per heavy atom. The average molecular weight is 654 g/mol. The van der Waals surface area contributed by atoms with Crippen LogP contribution in [0.15, 0.2) is 22.8 Å². The molecule has 2 aromatic heterocycles. The topological polar surface area (TPSA) is 159 Å². The maximum absolute atomic E-state index is 12.9. The van der Waals surface area contributed by atoms with Gasteiger partial charge in [-0.1, -0.05) is 11.2 Å². The van der Waals surface area contributed by atoms with Gasteiger partial charge in [-0.25, -0.2) is 18.4 Å². The van der Waals surface area contributed by atoms with Crippen molar-refractivity contribution in [3.05, 3.63) is 41.0 Å². The molecule has 3 fully saturated rings. The van der Waals surface area contributed by atoms with Gasteiger partial charge >= 0.3 is 6.18 Å². The Labute approximate surface area is 261 Å². The highest BCUT2D eigenvalue weighted by molar-refractivity contribution is 5.93. The van der Waals surface area contributed by atoms with Crippen molar-refractivity contribution in [2.24, 2.45) is 11.8 Å². The number of ether oxygens (including phenoxy) is 1. The molecule has 2 heterocycles. The van der Waals surface area contributed by atoms with Gasteiger partial charge in [-0.2, -0.15) is 18.4 Å². The van der Waals surface area contributed by atoms with Crippen molar-refractivity contribution in [3.63, 3.8) is 0 Å². The zero-order valence-corrected chi connectivity index (χ0v) is 25.6. The maximum Gasteiger partial charge on any atom is 0.414 e. The molecule has 3 aliphatic rings. The van der Waals surface area contributed by atoms with Gasteiger partial charge in [0.05, 0.1) is 23.2 Å². The minimum absolute atomic E-state index is 0.177. The molecule has 1 aromatic carbocycles. The fourth-order valence-electron chi connectivity index (χ4n) is 4.36. The van der Waals surface area contributed by atoms with Gasteiger partial charge in [0.2, 0.25) is 5.91 Å². The van der Waals surface area contributed by atoms with E-state index in [0.717, 1.165) is 38.2 Å². The van der Waals surface area contributed by atoms with Crippen molar-refractivity contribution in [1.82, 2.24) is 30.9 Å². The smallest absolute Gasteiger partial charge is 0.366 e. The van der Waals surface area contributed by atoms with Gasteiger partial charge in [-0.05, 0) is 62.4 Å². The summed E-state index contributed by atoms with van der Waals surface area (Å²) in [5, 5.41) is 20.3. The molecule has 3 atom stereocenters. The molecule has 16 heteroatoms. The number of aromatic nitrogens is 4. The number of alkyl halides is 5. The van der Waals surface area contributed by atoms with Gasteiger partial charge < -0.3 is 20.4 Å². The summed E-state index contributed by atoms with van der Waals surface area (Å²) < 4.78 is 73.0. The van der Waals surface area contributed by atoms with Crippen LogP contribution in [0.4, 0.5) is 22.0 Å². The van der Waals surface area contributed by atoms with Crippen molar-refractivity contribution < 1.29 is 40.9 Å². The van der Waals surface area contributed by atoms with Crippen LogP contribution in [0.1, 0.15) is 85.9 Å². The number of halogens is 5. The molecule has 0 aliphatic heterocycles. The number of carbonyl (C=O) groups is 2. The predicted molar refractivity (Wildman–Crippen MR) is 153 cm³/mol. The number of nitriles is 1. The fourth-order valence-corrected chi connectivity index (χ4v) is 4.36. The number of imidazole rings is 1. The first-order valence-electron chi connectivity index (χ1n) is 15.0. The third-order valence-electron chi connectivity index (χ3n) is 7.53. The minimum atomic E-state index is -4.42. The molecule has 3 saturated carbocycles. The molecule has 0 spiro atoms. The van der Waals surface area contributed by atoms with E-state index in [1.54, 1.807) is 32.2 Å². The number of hydrogen-bond donors (Lipinski definition) is 3. The number of fused-ring (bicyclic) bond motifs is 1. The third-order valence-corrected chi connectivity index (χ3v) is 7.53. The SMILES string of the molecule is CC(O[C@H](C)Cc1nc2ccc(CNC(=O)CC3CC3(F)F)cc2[nH]1)C(F)(F)F.CNC(=O)c1nonc1C1CC1.N#CC1CC1. The fraction of sp³-hybridized carbons (Fsp3) is 0.600. The van der Waals surface area contributed by atoms with Crippen molar-refractivity contribution in [1.29, 1.82) is 5.26 Å². The van der Waals surface area contributed by atoms with Crippen molar-refractivity contribution in [3.8, 4) is 6.07 Å². The summed E-state index contributed by atoms with van der Waals surface area (Å²) in [4.78, 5) is 30.3. The normalized spacial score (nSPS) is 19.4. The van der Waals surface area contributed by atoms with Gasteiger partial charge in [0.25, 0.3) is 11.8 Å². The van der Waals surface area contributed by atoms with Gasteiger partial charge in [0.15, 0.2) is 11.8 Å². The molecule has 0 bridgehead atoms. The molecule has 46 heavy (non-hydrogen) atoms. The molecule has 0 saturated heterocycles. The highest BCUT2D eigenvalue weighted by Gasteiger charge is 2.57. The molecule has 6 rings (SSSR count). The highest BCUT2D eigenvalue weighted by Crippen LogP contribution is 2.50. The van der Waals surface area contributed by atoms with Crippen LogP contribution in [-0.2, 0) is 22.5 Å². The molecular formula is C30H36F5N7O4. The molecule has 3 N–H and O–H groups in total. The van der Waals surface area contributed by atoms with E-state index in [4.69, 9.17) is 10.00 Å². The van der Waals surface area contributed by atoms with Crippen LogP contribution in [0.5, 0.6) is 0 Å². The number of rotatable bonds is 10. The monoisotopic (exact) mass is 653 g/mol. The van der Waals surface area contributed by atoms with Crippen LogP contribution in [0.25, 0.3) is 11.0 Å². The second-order valence-electron chi connectivity index (χ2n) is 11.8. The lowest BCUT2D eigenvalue weighted by atomic mass is 10.2. The molecule has 2 amide bonds. The quantitative estimate of drug-likeness (QED) is 0.247. The van der Waals surface area contributed by atoms with E-state index in [9.17, 15) is 31.5 Å². The summed E-state index contributed by atoms with van der Waals surface area (Å²) in [5.41, 5.74) is 3.08. The van der Waals surface area contributed by atoms with Gasteiger partial charge in [0, 0.05) is 50.6 Å². The first-order valence-corrected chi connectivity index (χ1v) is 15.0. The van der Waals surface area contributed by atoms with E-state index in [-0.39, 0.29) is 31.7 Å². The van der Waals surface area contributed by atoms with Crippen LogP contribution < -0.4 is 10.6 Å². The van der Waals surface area contributed by atoms with E-state index in [2.05, 4.69) is 41.6 Å². The molecule has 11 nitrogen and oxygen atoms in total. The maximum atomic E-state index is 12.9.